The first-order valence-electron chi connectivity index (χ1n) is 10.9. The summed E-state index contributed by atoms with van der Waals surface area (Å²) in [5, 5.41) is 5.76. The quantitative estimate of drug-likeness (QED) is 0.621. The molecule has 2 aromatic rings. The molecule has 170 valence electrons. The van der Waals surface area contributed by atoms with Crippen molar-refractivity contribution in [2.24, 2.45) is 0 Å². The van der Waals surface area contributed by atoms with Crippen LogP contribution in [0.4, 0.5) is 10.5 Å². The van der Waals surface area contributed by atoms with Gasteiger partial charge in [0, 0.05) is 36.4 Å². The number of carbonyl (C=O) groups excluding carboxylic acids is 2. The van der Waals surface area contributed by atoms with Crippen LogP contribution in [0.5, 0.6) is 0 Å². The van der Waals surface area contributed by atoms with Crippen LogP contribution >= 0.6 is 0 Å². The zero-order chi connectivity index (χ0) is 22.7. The third-order valence-electron chi connectivity index (χ3n) is 5.80. The molecule has 1 heterocycles. The van der Waals surface area contributed by atoms with Crippen LogP contribution in [0.25, 0.3) is 0 Å². The van der Waals surface area contributed by atoms with Gasteiger partial charge in [-0.15, -0.1) is 0 Å². The SMILES string of the molecule is Cc1ccc(S(=O)(=O)NC2CC2)cc1C(=O)N1CCC(NC(=O)Nc2ccccc2)CC1. The number of rotatable bonds is 6. The Labute approximate surface area is 188 Å². The van der Waals surface area contributed by atoms with Gasteiger partial charge in [-0.3, -0.25) is 4.79 Å². The largest absolute Gasteiger partial charge is 0.338 e. The highest BCUT2D eigenvalue weighted by atomic mass is 32.2. The molecule has 32 heavy (non-hydrogen) atoms. The molecule has 4 rings (SSSR count). The third-order valence-corrected chi connectivity index (χ3v) is 7.32. The van der Waals surface area contributed by atoms with E-state index in [2.05, 4.69) is 15.4 Å². The molecule has 1 aliphatic carbocycles. The topological polar surface area (TPSA) is 108 Å². The molecule has 0 unspecified atom stereocenters. The second kappa shape index (κ2) is 9.30. The number of sulfonamides is 1. The van der Waals surface area contributed by atoms with Crippen LogP contribution in [0.1, 0.15) is 41.6 Å². The maximum Gasteiger partial charge on any atom is 0.319 e. The summed E-state index contributed by atoms with van der Waals surface area (Å²) in [5.74, 6) is -0.182. The number of para-hydroxylation sites is 1. The van der Waals surface area contributed by atoms with Crippen molar-refractivity contribution in [2.45, 2.75) is 49.6 Å². The number of hydrogen-bond donors (Lipinski definition) is 3. The van der Waals surface area contributed by atoms with Gasteiger partial charge >= 0.3 is 6.03 Å². The molecule has 1 saturated heterocycles. The summed E-state index contributed by atoms with van der Waals surface area (Å²) in [6.07, 6.45) is 2.97. The molecule has 3 amide bonds. The van der Waals surface area contributed by atoms with Gasteiger partial charge in [-0.05, 0) is 62.4 Å². The third kappa shape index (κ3) is 5.46. The van der Waals surface area contributed by atoms with Crippen LogP contribution in [0.2, 0.25) is 0 Å². The molecule has 2 aliphatic rings. The molecular formula is C23H28N4O4S. The number of benzene rings is 2. The Balaban J connectivity index is 1.35. The van der Waals surface area contributed by atoms with E-state index in [4.69, 9.17) is 0 Å². The summed E-state index contributed by atoms with van der Waals surface area (Å²) in [7, 11) is -3.62. The van der Waals surface area contributed by atoms with Crippen LogP contribution < -0.4 is 15.4 Å². The summed E-state index contributed by atoms with van der Waals surface area (Å²) >= 11 is 0. The molecule has 0 spiro atoms. The minimum atomic E-state index is -3.62. The Kier molecular flexibility index (Phi) is 6.48. The van der Waals surface area contributed by atoms with Crippen molar-refractivity contribution in [2.75, 3.05) is 18.4 Å². The number of hydrogen-bond acceptors (Lipinski definition) is 4. The maximum atomic E-state index is 13.1. The maximum absolute atomic E-state index is 13.1. The van der Waals surface area contributed by atoms with E-state index in [1.165, 1.54) is 6.07 Å². The molecule has 1 aliphatic heterocycles. The molecule has 0 radical (unpaired) electrons. The summed E-state index contributed by atoms with van der Waals surface area (Å²) < 4.78 is 27.7. The number of anilines is 1. The van der Waals surface area contributed by atoms with Crippen LogP contribution in [0.15, 0.2) is 53.4 Å². The van der Waals surface area contributed by atoms with E-state index in [1.54, 1.807) is 24.0 Å². The van der Waals surface area contributed by atoms with Crippen molar-refractivity contribution in [3.8, 4) is 0 Å². The zero-order valence-electron chi connectivity index (χ0n) is 18.0. The first-order chi connectivity index (χ1) is 15.3. The van der Waals surface area contributed by atoms with Gasteiger partial charge in [-0.2, -0.15) is 0 Å². The van der Waals surface area contributed by atoms with Crippen molar-refractivity contribution in [1.29, 1.82) is 0 Å². The standard InChI is InChI=1S/C23H28N4O4S/c1-16-7-10-20(32(30,31)26-19-8-9-19)15-21(16)22(28)27-13-11-18(12-14-27)25-23(29)24-17-5-3-2-4-6-17/h2-7,10,15,18-19,26H,8-9,11-14H2,1H3,(H2,24,25,29). The lowest BCUT2D eigenvalue weighted by Gasteiger charge is -2.32. The van der Waals surface area contributed by atoms with E-state index in [0.29, 0.717) is 31.5 Å². The van der Waals surface area contributed by atoms with Crippen molar-refractivity contribution >= 4 is 27.6 Å². The normalized spacial score (nSPS) is 17.1. The smallest absolute Gasteiger partial charge is 0.319 e. The van der Waals surface area contributed by atoms with Crippen LogP contribution in [-0.2, 0) is 10.0 Å². The predicted molar refractivity (Wildman–Crippen MR) is 122 cm³/mol. The van der Waals surface area contributed by atoms with Crippen molar-refractivity contribution in [3.05, 3.63) is 59.7 Å². The minimum Gasteiger partial charge on any atom is -0.338 e. The van der Waals surface area contributed by atoms with Crippen molar-refractivity contribution < 1.29 is 18.0 Å². The molecule has 0 atom stereocenters. The van der Waals surface area contributed by atoms with E-state index in [0.717, 1.165) is 24.1 Å². The second-order valence-corrected chi connectivity index (χ2v) is 10.1. The molecule has 1 saturated carbocycles. The summed E-state index contributed by atoms with van der Waals surface area (Å²) in [5.41, 5.74) is 1.86. The first-order valence-corrected chi connectivity index (χ1v) is 12.3. The Morgan fingerprint density at radius 2 is 1.62 bits per heavy atom. The van der Waals surface area contributed by atoms with Gasteiger partial charge in [0.15, 0.2) is 0 Å². The predicted octanol–water partition coefficient (Wildman–Crippen LogP) is 2.86. The lowest BCUT2D eigenvalue weighted by molar-refractivity contribution is 0.0708. The van der Waals surface area contributed by atoms with E-state index in [1.807, 2.05) is 30.3 Å². The van der Waals surface area contributed by atoms with E-state index >= 15 is 0 Å². The number of aryl methyl sites for hydroxylation is 1. The summed E-state index contributed by atoms with van der Waals surface area (Å²) in [6, 6.07) is 13.6. The fourth-order valence-electron chi connectivity index (χ4n) is 3.76. The van der Waals surface area contributed by atoms with Gasteiger partial charge in [-0.1, -0.05) is 24.3 Å². The molecule has 8 nitrogen and oxygen atoms in total. The van der Waals surface area contributed by atoms with Gasteiger partial charge in [-0.25, -0.2) is 17.9 Å². The van der Waals surface area contributed by atoms with Gasteiger partial charge in [0.1, 0.15) is 0 Å². The van der Waals surface area contributed by atoms with E-state index in [-0.39, 0.29) is 28.9 Å². The highest BCUT2D eigenvalue weighted by Gasteiger charge is 2.30. The molecule has 2 fully saturated rings. The van der Waals surface area contributed by atoms with Crippen LogP contribution in [0, 0.1) is 6.92 Å². The Morgan fingerprint density at radius 3 is 2.28 bits per heavy atom. The van der Waals surface area contributed by atoms with Gasteiger partial charge in [0.05, 0.1) is 4.90 Å². The molecular weight excluding hydrogens is 428 g/mol. The average molecular weight is 457 g/mol. The van der Waals surface area contributed by atoms with Gasteiger partial charge in [0.25, 0.3) is 5.91 Å². The van der Waals surface area contributed by atoms with Crippen molar-refractivity contribution in [1.82, 2.24) is 14.9 Å². The number of likely N-dealkylation sites (tertiary alicyclic amines) is 1. The Morgan fingerprint density at radius 1 is 0.938 bits per heavy atom. The average Bonchev–Trinajstić information content (AvgIpc) is 3.58. The number of nitrogens with one attached hydrogen (secondary N) is 3. The van der Waals surface area contributed by atoms with E-state index in [9.17, 15) is 18.0 Å². The number of nitrogens with zero attached hydrogens (tertiary/aromatic N) is 1. The monoisotopic (exact) mass is 456 g/mol. The Hall–Kier alpha value is -2.91. The highest BCUT2D eigenvalue weighted by Crippen LogP contribution is 2.24. The zero-order valence-corrected chi connectivity index (χ0v) is 18.8. The molecule has 0 bridgehead atoms. The van der Waals surface area contributed by atoms with Gasteiger partial charge in [0.2, 0.25) is 10.0 Å². The first kappa shape index (κ1) is 22.3. The summed E-state index contributed by atoms with van der Waals surface area (Å²) in [6.45, 7) is 2.79. The molecule has 3 N–H and O–H groups in total. The number of piperidine rings is 1. The lowest BCUT2D eigenvalue weighted by Crippen LogP contribution is -2.47. The Bertz CT molecular complexity index is 1090. The fourth-order valence-corrected chi connectivity index (χ4v) is 5.09. The highest BCUT2D eigenvalue weighted by molar-refractivity contribution is 7.89. The second-order valence-electron chi connectivity index (χ2n) is 8.40. The lowest BCUT2D eigenvalue weighted by atomic mass is 10.0. The minimum absolute atomic E-state index is 0.00562. The molecule has 9 heteroatoms. The van der Waals surface area contributed by atoms with Crippen LogP contribution in [-0.4, -0.2) is 50.4 Å². The van der Waals surface area contributed by atoms with Crippen LogP contribution in [0.3, 0.4) is 0 Å². The number of amides is 3. The number of urea groups is 1. The van der Waals surface area contributed by atoms with Gasteiger partial charge < -0.3 is 15.5 Å². The van der Waals surface area contributed by atoms with Crippen molar-refractivity contribution in [3.63, 3.8) is 0 Å². The summed E-state index contributed by atoms with van der Waals surface area (Å²) in [4.78, 5) is 27.2. The molecule has 0 aromatic heterocycles. The fraction of sp³-hybridized carbons (Fsp3) is 0.391. The van der Waals surface area contributed by atoms with E-state index < -0.39 is 10.0 Å². The molecule has 2 aromatic carbocycles. The number of carbonyl (C=O) groups is 2.